The summed E-state index contributed by atoms with van der Waals surface area (Å²) >= 11 is 8.40. The number of hydrogen-bond donors (Lipinski definition) is 0. The molecule has 0 aromatic heterocycles. The Morgan fingerprint density at radius 3 is 1.59 bits per heavy atom. The highest BCUT2D eigenvalue weighted by Crippen LogP contribution is 2.50. The maximum atomic E-state index is 6.54. The second-order valence-corrected chi connectivity index (χ2v) is 9.86. The van der Waals surface area contributed by atoms with Crippen LogP contribution < -0.4 is 4.74 Å². The first-order chi connectivity index (χ1) is 16.8. The van der Waals surface area contributed by atoms with Crippen LogP contribution in [0.1, 0.15) is 22.3 Å². The Hall–Kier alpha value is -2.72. The molecule has 4 aromatic rings. The van der Waals surface area contributed by atoms with E-state index in [1.54, 1.807) is 7.11 Å². The van der Waals surface area contributed by atoms with Crippen LogP contribution in [0, 0.1) is 0 Å². The van der Waals surface area contributed by atoms with Crippen LogP contribution in [0.25, 0.3) is 0 Å². The van der Waals surface area contributed by atoms with Gasteiger partial charge in [0.05, 0.1) is 25.1 Å². The van der Waals surface area contributed by atoms with Crippen LogP contribution in [0.15, 0.2) is 115 Å². The zero-order valence-corrected chi connectivity index (χ0v) is 20.8. The van der Waals surface area contributed by atoms with Crippen molar-refractivity contribution in [3.8, 4) is 5.75 Å². The van der Waals surface area contributed by atoms with E-state index in [0.29, 0.717) is 19.1 Å². The number of hydrogen-bond acceptors (Lipinski definition) is 3. The summed E-state index contributed by atoms with van der Waals surface area (Å²) in [7, 11) is 1.67. The van der Waals surface area contributed by atoms with Gasteiger partial charge in [0, 0.05) is 11.1 Å². The van der Waals surface area contributed by atoms with E-state index in [2.05, 4.69) is 91.0 Å². The summed E-state index contributed by atoms with van der Waals surface area (Å²) in [6, 6.07) is 40.0. The Balaban J connectivity index is 1.64. The molecule has 4 heteroatoms. The van der Waals surface area contributed by atoms with Gasteiger partial charge in [0.1, 0.15) is 5.75 Å². The lowest BCUT2D eigenvalue weighted by Crippen LogP contribution is -2.30. The number of benzene rings is 4. The molecule has 0 fully saturated rings. The van der Waals surface area contributed by atoms with Crippen molar-refractivity contribution in [2.24, 2.45) is 0 Å². The van der Waals surface area contributed by atoms with Gasteiger partial charge in [-0.05, 0) is 34.4 Å². The predicted octanol–water partition coefficient (Wildman–Crippen LogP) is 7.54. The van der Waals surface area contributed by atoms with Crippen LogP contribution in [0.3, 0.4) is 0 Å². The Labute approximate surface area is 211 Å². The molecule has 4 rings (SSSR count). The van der Waals surface area contributed by atoms with E-state index >= 15 is 0 Å². The minimum atomic E-state index is -0.410. The molecule has 174 valence electrons. The summed E-state index contributed by atoms with van der Waals surface area (Å²) in [5, 5.41) is 0.0838. The second kappa shape index (κ2) is 12.1. The molecule has 1 atom stereocenters. The smallest absolute Gasteiger partial charge is 0.118 e. The topological polar surface area (TPSA) is 18.5 Å². The molecule has 1 unspecified atom stereocenters. The van der Waals surface area contributed by atoms with Gasteiger partial charge in [0.2, 0.25) is 0 Å². The standard InChI is InChI=1S/C30H29ClO2S/c1-32-28-19-17-24(18-20-28)22-33-23-29(21-31)34-30(25-11-5-2-6-12-25,26-13-7-3-8-14-26)27-15-9-4-10-16-27/h2-20,29H,21-23H2,1H3. The number of rotatable bonds is 11. The predicted molar refractivity (Wildman–Crippen MR) is 144 cm³/mol. The lowest BCUT2D eigenvalue weighted by molar-refractivity contribution is 0.124. The van der Waals surface area contributed by atoms with E-state index in [-0.39, 0.29) is 5.25 Å². The summed E-state index contributed by atoms with van der Waals surface area (Å²) in [5.74, 6) is 1.33. The quantitative estimate of drug-likeness (QED) is 0.160. The minimum Gasteiger partial charge on any atom is -0.497 e. The average Bonchev–Trinajstić information content (AvgIpc) is 2.92. The number of ether oxygens (including phenoxy) is 2. The van der Waals surface area contributed by atoms with Crippen LogP contribution in [-0.2, 0) is 16.1 Å². The SMILES string of the molecule is COc1ccc(COCC(CCl)SC(c2ccccc2)(c2ccccc2)c2ccccc2)cc1. The van der Waals surface area contributed by atoms with Crippen molar-refractivity contribution in [3.05, 3.63) is 138 Å². The largest absolute Gasteiger partial charge is 0.497 e. The molecule has 2 nitrogen and oxygen atoms in total. The summed E-state index contributed by atoms with van der Waals surface area (Å²) in [5.41, 5.74) is 4.78. The van der Waals surface area contributed by atoms with Crippen molar-refractivity contribution in [1.82, 2.24) is 0 Å². The monoisotopic (exact) mass is 488 g/mol. The minimum absolute atomic E-state index is 0.0838. The van der Waals surface area contributed by atoms with Crippen molar-refractivity contribution >= 4 is 23.4 Å². The highest BCUT2D eigenvalue weighted by molar-refractivity contribution is 8.01. The van der Waals surface area contributed by atoms with Crippen molar-refractivity contribution in [2.75, 3.05) is 19.6 Å². The van der Waals surface area contributed by atoms with E-state index in [4.69, 9.17) is 21.1 Å². The lowest BCUT2D eigenvalue weighted by Gasteiger charge is -2.38. The molecule has 0 bridgehead atoms. The zero-order valence-electron chi connectivity index (χ0n) is 19.3. The number of halogens is 1. The van der Waals surface area contributed by atoms with Crippen molar-refractivity contribution in [1.29, 1.82) is 0 Å². The number of alkyl halides is 1. The summed E-state index contributed by atoms with van der Waals surface area (Å²) in [6.07, 6.45) is 0. The van der Waals surface area contributed by atoms with E-state index in [9.17, 15) is 0 Å². The highest BCUT2D eigenvalue weighted by atomic mass is 35.5. The van der Waals surface area contributed by atoms with Gasteiger partial charge in [-0.25, -0.2) is 0 Å². The number of methoxy groups -OCH3 is 1. The fourth-order valence-corrected chi connectivity index (χ4v) is 5.93. The maximum absolute atomic E-state index is 6.54. The number of thioether (sulfide) groups is 1. The molecule has 0 aliphatic heterocycles. The average molecular weight is 489 g/mol. The van der Waals surface area contributed by atoms with Crippen molar-refractivity contribution in [3.63, 3.8) is 0 Å². The van der Waals surface area contributed by atoms with E-state index < -0.39 is 4.75 Å². The lowest BCUT2D eigenvalue weighted by atomic mass is 9.84. The molecule has 0 spiro atoms. The van der Waals surface area contributed by atoms with Crippen LogP contribution >= 0.6 is 23.4 Å². The van der Waals surface area contributed by atoms with E-state index in [1.165, 1.54) is 16.7 Å². The fourth-order valence-electron chi connectivity index (χ4n) is 4.11. The molecule has 0 aliphatic rings. The van der Waals surface area contributed by atoms with Gasteiger partial charge >= 0.3 is 0 Å². The van der Waals surface area contributed by atoms with Gasteiger partial charge in [-0.15, -0.1) is 23.4 Å². The second-order valence-electron chi connectivity index (χ2n) is 8.04. The molecule has 0 radical (unpaired) electrons. The summed E-state index contributed by atoms with van der Waals surface area (Å²) < 4.78 is 11.0. The summed E-state index contributed by atoms with van der Waals surface area (Å²) in [4.78, 5) is 0. The molecular weight excluding hydrogens is 460 g/mol. The van der Waals surface area contributed by atoms with Gasteiger partial charge in [0.15, 0.2) is 0 Å². The highest BCUT2D eigenvalue weighted by Gasteiger charge is 2.39. The molecular formula is C30H29ClO2S. The van der Waals surface area contributed by atoms with Gasteiger partial charge in [-0.1, -0.05) is 103 Å². The molecule has 0 saturated carbocycles. The van der Waals surface area contributed by atoms with Gasteiger partial charge in [-0.2, -0.15) is 0 Å². The Morgan fingerprint density at radius 1 is 0.706 bits per heavy atom. The molecule has 0 amide bonds. The third-order valence-corrected chi connectivity index (χ3v) is 8.04. The van der Waals surface area contributed by atoms with Crippen LogP contribution in [-0.4, -0.2) is 24.8 Å². The van der Waals surface area contributed by atoms with Crippen LogP contribution in [0.2, 0.25) is 0 Å². The van der Waals surface area contributed by atoms with E-state index in [1.807, 2.05) is 36.0 Å². The van der Waals surface area contributed by atoms with Crippen molar-refractivity contribution in [2.45, 2.75) is 16.6 Å². The van der Waals surface area contributed by atoms with E-state index in [0.717, 1.165) is 11.3 Å². The van der Waals surface area contributed by atoms with Gasteiger partial charge in [-0.3, -0.25) is 0 Å². The molecule has 0 saturated heterocycles. The Morgan fingerprint density at radius 2 is 1.18 bits per heavy atom. The van der Waals surface area contributed by atoms with Crippen LogP contribution in [0.4, 0.5) is 0 Å². The first-order valence-corrected chi connectivity index (χ1v) is 12.8. The fraction of sp³-hybridized carbons (Fsp3) is 0.200. The Bertz CT molecular complexity index is 1020. The van der Waals surface area contributed by atoms with Crippen molar-refractivity contribution < 1.29 is 9.47 Å². The third-order valence-electron chi connectivity index (χ3n) is 5.79. The molecule has 0 heterocycles. The first kappa shape index (κ1) is 24.4. The maximum Gasteiger partial charge on any atom is 0.118 e. The first-order valence-electron chi connectivity index (χ1n) is 11.4. The zero-order chi connectivity index (χ0) is 23.6. The normalized spacial score (nSPS) is 12.3. The molecule has 34 heavy (non-hydrogen) atoms. The van der Waals surface area contributed by atoms with Gasteiger partial charge < -0.3 is 9.47 Å². The van der Waals surface area contributed by atoms with Gasteiger partial charge in [0.25, 0.3) is 0 Å². The molecule has 0 aliphatic carbocycles. The van der Waals surface area contributed by atoms with Crippen LogP contribution in [0.5, 0.6) is 5.75 Å². The molecule has 0 N–H and O–H groups in total. The third kappa shape index (κ3) is 5.67. The molecule has 4 aromatic carbocycles. The Kier molecular flexibility index (Phi) is 8.70. The summed E-state index contributed by atoms with van der Waals surface area (Å²) in [6.45, 7) is 1.08.